The highest BCUT2D eigenvalue weighted by Crippen LogP contribution is 2.31. The summed E-state index contributed by atoms with van der Waals surface area (Å²) in [4.78, 5) is 11.0. The van der Waals surface area contributed by atoms with E-state index in [1.54, 1.807) is 11.1 Å². The van der Waals surface area contributed by atoms with Crippen molar-refractivity contribution in [3.8, 4) is 0 Å². The predicted octanol–water partition coefficient (Wildman–Crippen LogP) is 4.64. The minimum Gasteiger partial charge on any atom is -0.294 e. The third-order valence-corrected chi connectivity index (χ3v) is 5.59. The van der Waals surface area contributed by atoms with Crippen LogP contribution >= 0.6 is 0 Å². The number of hydrogen-bond donors (Lipinski definition) is 0. The normalized spacial score (nSPS) is 18.5. The zero-order valence-electron chi connectivity index (χ0n) is 14.9. The molecule has 2 heterocycles. The Bertz CT molecular complexity index is 823. The molecule has 0 radical (unpaired) electrons. The summed E-state index contributed by atoms with van der Waals surface area (Å²) in [6.45, 7) is 0.721. The maximum atomic E-state index is 13.9. The number of hydrogen-bond acceptors (Lipinski definition) is 3. The molecule has 0 saturated heterocycles. The molecule has 2 aromatic rings. The average molecular weight is 379 g/mol. The highest BCUT2D eigenvalue weighted by molar-refractivity contribution is 5.25. The summed E-state index contributed by atoms with van der Waals surface area (Å²) < 4.78 is 54.7. The fraction of sp³-hybridized carbons (Fsp3) is 0.500. The molecular formula is C20H21F4N3. The molecule has 0 unspecified atom stereocenters. The first-order valence-corrected chi connectivity index (χ1v) is 9.42. The van der Waals surface area contributed by atoms with Crippen molar-refractivity contribution < 1.29 is 17.6 Å². The molecular weight excluding hydrogens is 358 g/mol. The number of benzene rings is 1. The maximum absolute atomic E-state index is 13.9. The zero-order chi connectivity index (χ0) is 19.0. The minimum absolute atomic E-state index is 0.198. The minimum atomic E-state index is -1.37. The van der Waals surface area contributed by atoms with Gasteiger partial charge < -0.3 is 0 Å². The lowest BCUT2D eigenvalue weighted by Gasteiger charge is -2.29. The van der Waals surface area contributed by atoms with Crippen molar-refractivity contribution in [3.63, 3.8) is 0 Å². The quantitative estimate of drug-likeness (QED) is 0.575. The van der Waals surface area contributed by atoms with Gasteiger partial charge in [-0.2, -0.15) is 0 Å². The zero-order valence-corrected chi connectivity index (χ0v) is 14.9. The molecule has 144 valence electrons. The van der Waals surface area contributed by atoms with Gasteiger partial charge in [-0.3, -0.25) is 4.90 Å². The van der Waals surface area contributed by atoms with E-state index in [0.717, 1.165) is 29.9 Å². The van der Waals surface area contributed by atoms with Crippen LogP contribution in [0.3, 0.4) is 0 Å². The van der Waals surface area contributed by atoms with E-state index in [-0.39, 0.29) is 12.6 Å². The highest BCUT2D eigenvalue weighted by atomic mass is 19.2. The first-order chi connectivity index (χ1) is 13.0. The van der Waals surface area contributed by atoms with E-state index < -0.39 is 28.8 Å². The van der Waals surface area contributed by atoms with Crippen LogP contribution in [0, 0.1) is 23.3 Å². The lowest BCUT2D eigenvalue weighted by atomic mass is 9.88. The maximum Gasteiger partial charge on any atom is 0.166 e. The third-order valence-electron chi connectivity index (χ3n) is 5.59. The Balaban J connectivity index is 1.51. The van der Waals surface area contributed by atoms with Gasteiger partial charge in [-0.15, -0.1) is 0 Å². The van der Waals surface area contributed by atoms with Crippen molar-refractivity contribution in [2.75, 3.05) is 6.54 Å². The summed E-state index contributed by atoms with van der Waals surface area (Å²) in [6, 6.07) is 0.236. The van der Waals surface area contributed by atoms with Crippen LogP contribution in [0.2, 0.25) is 0 Å². The fourth-order valence-electron chi connectivity index (χ4n) is 4.07. The van der Waals surface area contributed by atoms with Gasteiger partial charge in [0.2, 0.25) is 0 Å². The summed E-state index contributed by atoms with van der Waals surface area (Å²) in [6.07, 6.45) is 8.34. The molecule has 0 spiro atoms. The predicted molar refractivity (Wildman–Crippen MR) is 92.0 cm³/mol. The summed E-state index contributed by atoms with van der Waals surface area (Å²) >= 11 is 0. The van der Waals surface area contributed by atoms with E-state index in [9.17, 15) is 17.6 Å². The summed E-state index contributed by atoms with van der Waals surface area (Å²) in [7, 11) is 0. The van der Waals surface area contributed by atoms with Crippen molar-refractivity contribution in [2.24, 2.45) is 0 Å². The summed E-state index contributed by atoms with van der Waals surface area (Å²) in [5.41, 5.74) is 1.29. The molecule has 1 aromatic carbocycles. The van der Waals surface area contributed by atoms with E-state index in [1.807, 2.05) is 0 Å². The molecule has 1 saturated carbocycles. The first kappa shape index (κ1) is 18.3. The summed E-state index contributed by atoms with van der Waals surface area (Å²) in [5.74, 6) is -4.09. The Morgan fingerprint density at radius 3 is 2.41 bits per heavy atom. The van der Waals surface area contributed by atoms with E-state index in [4.69, 9.17) is 4.98 Å². The van der Waals surface area contributed by atoms with Crippen LogP contribution in [0.5, 0.6) is 0 Å². The van der Waals surface area contributed by atoms with E-state index in [2.05, 4.69) is 4.98 Å². The van der Waals surface area contributed by atoms with Crippen LogP contribution in [0.1, 0.15) is 60.7 Å². The SMILES string of the molecule is Fc1cc(F)c(F)c(CN2CCc3nc(C4CCCCC4)ncc3C2)c1F. The van der Waals surface area contributed by atoms with Gasteiger partial charge in [0.25, 0.3) is 0 Å². The van der Waals surface area contributed by atoms with E-state index >= 15 is 0 Å². The van der Waals surface area contributed by atoms with Gasteiger partial charge in [0.15, 0.2) is 23.3 Å². The third kappa shape index (κ3) is 3.70. The van der Waals surface area contributed by atoms with Crippen LogP contribution in [0.15, 0.2) is 12.3 Å². The van der Waals surface area contributed by atoms with Gasteiger partial charge in [-0.05, 0) is 12.8 Å². The molecule has 1 aliphatic heterocycles. The Hall–Kier alpha value is -2.02. The Kier molecular flexibility index (Phi) is 5.12. The Labute approximate surface area is 155 Å². The summed E-state index contributed by atoms with van der Waals surface area (Å²) in [5, 5.41) is 0. The molecule has 7 heteroatoms. The van der Waals surface area contributed by atoms with E-state index in [0.29, 0.717) is 25.4 Å². The van der Waals surface area contributed by atoms with Crippen LogP contribution in [0.4, 0.5) is 17.6 Å². The molecule has 1 aliphatic carbocycles. The van der Waals surface area contributed by atoms with Gasteiger partial charge in [0.1, 0.15) is 5.82 Å². The van der Waals surface area contributed by atoms with Crippen molar-refractivity contribution in [2.45, 2.75) is 57.5 Å². The second-order valence-corrected chi connectivity index (χ2v) is 7.44. The molecule has 2 aliphatic rings. The van der Waals surface area contributed by atoms with Crippen LogP contribution in [-0.2, 0) is 19.5 Å². The number of nitrogens with zero attached hydrogens (tertiary/aromatic N) is 3. The number of fused-ring (bicyclic) bond motifs is 1. The molecule has 0 N–H and O–H groups in total. The average Bonchev–Trinajstić information content (AvgIpc) is 2.70. The molecule has 0 bridgehead atoms. The van der Waals surface area contributed by atoms with Crippen LogP contribution in [-0.4, -0.2) is 21.4 Å². The lowest BCUT2D eigenvalue weighted by molar-refractivity contribution is 0.232. The van der Waals surface area contributed by atoms with Gasteiger partial charge in [0.05, 0.1) is 0 Å². The van der Waals surface area contributed by atoms with Crippen molar-refractivity contribution in [1.29, 1.82) is 0 Å². The van der Waals surface area contributed by atoms with E-state index in [1.165, 1.54) is 19.3 Å². The van der Waals surface area contributed by atoms with Gasteiger partial charge in [-0.25, -0.2) is 27.5 Å². The number of aromatic nitrogens is 2. The molecule has 0 amide bonds. The lowest BCUT2D eigenvalue weighted by Crippen LogP contribution is -2.32. The van der Waals surface area contributed by atoms with Crippen molar-refractivity contribution >= 4 is 0 Å². The monoisotopic (exact) mass is 379 g/mol. The van der Waals surface area contributed by atoms with Crippen molar-refractivity contribution in [1.82, 2.24) is 14.9 Å². The number of rotatable bonds is 3. The van der Waals surface area contributed by atoms with Gasteiger partial charge in [0, 0.05) is 61.1 Å². The van der Waals surface area contributed by atoms with Crippen LogP contribution in [0.25, 0.3) is 0 Å². The van der Waals surface area contributed by atoms with Crippen LogP contribution < -0.4 is 0 Å². The van der Waals surface area contributed by atoms with Gasteiger partial charge >= 0.3 is 0 Å². The second-order valence-electron chi connectivity index (χ2n) is 7.44. The molecule has 1 fully saturated rings. The Morgan fingerprint density at radius 2 is 1.70 bits per heavy atom. The molecule has 0 atom stereocenters. The van der Waals surface area contributed by atoms with Gasteiger partial charge in [-0.1, -0.05) is 19.3 Å². The fourth-order valence-corrected chi connectivity index (χ4v) is 4.07. The molecule has 3 nitrogen and oxygen atoms in total. The topological polar surface area (TPSA) is 29.0 Å². The molecule has 1 aromatic heterocycles. The standard InChI is InChI=1S/C20H21F4N3/c21-15-8-16(22)19(24)14(18(15)23)11-27-7-6-17-13(10-27)9-25-20(26-17)12-4-2-1-3-5-12/h8-9,12H,1-7,10-11H2. The first-order valence-electron chi connectivity index (χ1n) is 9.42. The largest absolute Gasteiger partial charge is 0.294 e. The Morgan fingerprint density at radius 1 is 1.00 bits per heavy atom. The molecule has 27 heavy (non-hydrogen) atoms. The van der Waals surface area contributed by atoms with Crippen molar-refractivity contribution in [3.05, 3.63) is 58.2 Å². The highest BCUT2D eigenvalue weighted by Gasteiger charge is 2.25. The second kappa shape index (κ2) is 7.54. The molecule has 4 rings (SSSR count). The number of halogens is 4. The smallest absolute Gasteiger partial charge is 0.166 e.